The number of alkyl halides is 3. The number of carbonyl (C=O) groups is 2. The second-order valence-corrected chi connectivity index (χ2v) is 17.2. The quantitative estimate of drug-likeness (QED) is 0.222. The normalized spacial score (nSPS) is 25.7. The minimum Gasteiger partial charge on any atom is -0.430 e. The lowest BCUT2D eigenvalue weighted by Gasteiger charge is -2.60. The molecule has 2 aliphatic rings. The van der Waals surface area contributed by atoms with Crippen LogP contribution < -0.4 is 0 Å². The summed E-state index contributed by atoms with van der Waals surface area (Å²) in [5.41, 5.74) is 0. The Bertz CT molecular complexity index is 658. The van der Waals surface area contributed by atoms with E-state index in [2.05, 4.69) is 33.9 Å². The zero-order valence-corrected chi connectivity index (χ0v) is 21.9. The Morgan fingerprint density at radius 3 is 2.27 bits per heavy atom. The highest BCUT2D eigenvalue weighted by molar-refractivity contribution is 6.80. The lowest BCUT2D eigenvalue weighted by molar-refractivity contribution is -0.183. The Kier molecular flexibility index (Phi) is 7.75. The monoisotopic (exact) mass is 503 g/mol. The van der Waals surface area contributed by atoms with Crippen LogP contribution in [0.25, 0.3) is 0 Å². The van der Waals surface area contributed by atoms with Crippen molar-refractivity contribution in [2.45, 2.75) is 80.9 Å². The molecule has 3 unspecified atom stereocenters. The number of rotatable bonds is 6. The predicted molar refractivity (Wildman–Crippen MR) is 118 cm³/mol. The van der Waals surface area contributed by atoms with E-state index in [0.29, 0.717) is 19.6 Å². The van der Waals surface area contributed by atoms with E-state index in [9.17, 15) is 9.59 Å². The van der Waals surface area contributed by atoms with Gasteiger partial charge in [0.1, 0.15) is 12.7 Å². The summed E-state index contributed by atoms with van der Waals surface area (Å²) in [6.45, 7) is 14.9. The fourth-order valence-electron chi connectivity index (χ4n) is 3.80. The van der Waals surface area contributed by atoms with Crippen molar-refractivity contribution in [3.8, 4) is 0 Å². The number of ether oxygens (including phenoxy) is 4. The first-order valence-electron chi connectivity index (χ1n) is 10.00. The zero-order chi connectivity index (χ0) is 23.1. The number of nitrogens with zero attached hydrogens (tertiary/aromatic N) is 1. The third-order valence-corrected chi connectivity index (χ3v) is 12.1. The van der Waals surface area contributed by atoms with Crippen LogP contribution in [0.5, 0.6) is 0 Å². The molecule has 0 saturated carbocycles. The zero-order valence-electron chi connectivity index (χ0n) is 18.6. The van der Waals surface area contributed by atoms with E-state index in [1.54, 1.807) is 6.92 Å². The third kappa shape index (κ3) is 5.75. The van der Waals surface area contributed by atoms with Crippen molar-refractivity contribution in [1.82, 2.24) is 4.57 Å². The molecule has 3 atom stereocenters. The van der Waals surface area contributed by atoms with E-state index < -0.39 is 42.6 Å². The Labute approximate surface area is 194 Å². The van der Waals surface area contributed by atoms with Crippen molar-refractivity contribution in [3.63, 3.8) is 0 Å². The summed E-state index contributed by atoms with van der Waals surface area (Å²) in [6, 6.07) is -0.183. The topological polar surface area (TPSA) is 74.3 Å². The minimum atomic E-state index is -2.17. The molecular weight excluding hydrogens is 473 g/mol. The summed E-state index contributed by atoms with van der Waals surface area (Å²) >= 11 is 16.8. The van der Waals surface area contributed by atoms with Crippen LogP contribution in [0.15, 0.2) is 0 Å². The maximum atomic E-state index is 13.3. The molecular formula is C19H32Cl3NO6Si. The van der Waals surface area contributed by atoms with E-state index >= 15 is 0 Å². The first-order chi connectivity index (χ1) is 13.5. The molecule has 7 nitrogen and oxygen atoms in total. The van der Waals surface area contributed by atoms with Gasteiger partial charge in [0.05, 0.1) is 19.1 Å². The summed E-state index contributed by atoms with van der Waals surface area (Å²) in [7, 11) is -2.17. The van der Waals surface area contributed by atoms with Gasteiger partial charge in [0.2, 0.25) is 9.70 Å². The van der Waals surface area contributed by atoms with Gasteiger partial charge in [-0.15, -0.1) is 0 Å². The molecule has 0 aliphatic carbocycles. The number of carbonyl (C=O) groups excluding carboxylic acids is 2. The SMILES string of the molecule is CC(OC(=O)OCC(Cl)(Cl)Cl)C1C(=O)N([Si](C)(C)C(C)(C)C)C1CC1(C)OCCO1. The fourth-order valence-corrected chi connectivity index (χ4v) is 6.47. The Balaban J connectivity index is 2.18. The van der Waals surface area contributed by atoms with Gasteiger partial charge in [-0.3, -0.25) is 4.79 Å². The minimum absolute atomic E-state index is 0.0325. The van der Waals surface area contributed by atoms with Gasteiger partial charge >= 0.3 is 6.16 Å². The Hall–Kier alpha value is -0.253. The van der Waals surface area contributed by atoms with E-state index in [1.165, 1.54) is 0 Å². The molecule has 0 radical (unpaired) electrons. The summed E-state index contributed by atoms with van der Waals surface area (Å²) in [6.07, 6.45) is -1.20. The third-order valence-electron chi connectivity index (χ3n) is 6.33. The van der Waals surface area contributed by atoms with E-state index in [-0.39, 0.29) is 17.0 Å². The largest absolute Gasteiger partial charge is 0.508 e. The first kappa shape index (κ1) is 26.0. The Morgan fingerprint density at radius 1 is 1.27 bits per heavy atom. The van der Waals surface area contributed by atoms with Crippen LogP contribution in [0.1, 0.15) is 41.0 Å². The van der Waals surface area contributed by atoms with Crippen molar-refractivity contribution in [2.75, 3.05) is 19.8 Å². The molecule has 2 fully saturated rings. The molecule has 0 spiro atoms. The highest BCUT2D eigenvalue weighted by atomic mass is 35.6. The van der Waals surface area contributed by atoms with Gasteiger partial charge < -0.3 is 23.5 Å². The molecule has 0 aromatic rings. The standard InChI is InChI=1S/C19H32Cl3NO6Si/c1-12(29-16(25)26-11-19(20,21)22)14-13(10-18(5)27-8-9-28-18)23(15(14)24)30(6,7)17(2,3)4/h12-14H,8-11H2,1-7H3. The van der Waals surface area contributed by atoms with Crippen LogP contribution in [0, 0.1) is 5.92 Å². The van der Waals surface area contributed by atoms with Crippen molar-refractivity contribution >= 4 is 55.1 Å². The van der Waals surface area contributed by atoms with E-state index in [4.69, 9.17) is 53.8 Å². The highest BCUT2D eigenvalue weighted by Crippen LogP contribution is 2.48. The molecule has 1 amide bonds. The number of amides is 1. The fraction of sp³-hybridized carbons (Fsp3) is 0.895. The van der Waals surface area contributed by atoms with Crippen molar-refractivity contribution < 1.29 is 28.5 Å². The van der Waals surface area contributed by atoms with Gasteiger partial charge in [0.15, 0.2) is 14.0 Å². The first-order valence-corrected chi connectivity index (χ1v) is 14.1. The molecule has 0 bridgehead atoms. The molecule has 11 heteroatoms. The lowest BCUT2D eigenvalue weighted by Crippen LogP contribution is -2.75. The maximum Gasteiger partial charge on any atom is 0.508 e. The van der Waals surface area contributed by atoms with E-state index in [1.807, 2.05) is 11.5 Å². The van der Waals surface area contributed by atoms with Crippen LogP contribution >= 0.6 is 34.8 Å². The van der Waals surface area contributed by atoms with Crippen LogP contribution in [0.2, 0.25) is 18.1 Å². The predicted octanol–water partition coefficient (Wildman–Crippen LogP) is 4.88. The number of β-lactam (4-membered cyclic amide) rings is 1. The van der Waals surface area contributed by atoms with Gasteiger partial charge in [-0.1, -0.05) is 68.7 Å². The van der Waals surface area contributed by atoms with Gasteiger partial charge in [0.25, 0.3) is 0 Å². The maximum absolute atomic E-state index is 13.3. The lowest BCUT2D eigenvalue weighted by atomic mass is 9.82. The van der Waals surface area contributed by atoms with Crippen molar-refractivity contribution in [3.05, 3.63) is 0 Å². The molecule has 0 aromatic heterocycles. The molecule has 2 heterocycles. The van der Waals surface area contributed by atoms with Gasteiger partial charge in [-0.2, -0.15) is 0 Å². The molecule has 0 aromatic carbocycles. The van der Waals surface area contributed by atoms with Crippen LogP contribution in [0.4, 0.5) is 4.79 Å². The van der Waals surface area contributed by atoms with Gasteiger partial charge in [-0.05, 0) is 18.9 Å². The number of hydrogen-bond acceptors (Lipinski definition) is 6. The smallest absolute Gasteiger partial charge is 0.430 e. The second kappa shape index (κ2) is 8.94. The Morgan fingerprint density at radius 2 is 1.80 bits per heavy atom. The number of halogens is 3. The molecule has 2 rings (SSSR count). The average molecular weight is 505 g/mol. The average Bonchev–Trinajstić information content (AvgIpc) is 2.97. The molecule has 2 saturated heterocycles. The highest BCUT2D eigenvalue weighted by Gasteiger charge is 2.61. The van der Waals surface area contributed by atoms with Crippen LogP contribution in [-0.4, -0.2) is 66.4 Å². The molecule has 174 valence electrons. The molecule has 0 N–H and O–H groups in total. The summed E-state index contributed by atoms with van der Waals surface area (Å²) < 4.78 is 22.0. The van der Waals surface area contributed by atoms with Crippen molar-refractivity contribution in [2.24, 2.45) is 5.92 Å². The van der Waals surface area contributed by atoms with Crippen molar-refractivity contribution in [1.29, 1.82) is 0 Å². The second-order valence-electron chi connectivity index (χ2n) is 9.62. The van der Waals surface area contributed by atoms with Crippen LogP contribution in [-0.2, 0) is 23.7 Å². The van der Waals surface area contributed by atoms with Gasteiger partial charge in [0, 0.05) is 12.5 Å². The van der Waals surface area contributed by atoms with Crippen LogP contribution in [0.3, 0.4) is 0 Å². The summed E-state index contributed by atoms with van der Waals surface area (Å²) in [4.78, 5) is 25.3. The van der Waals surface area contributed by atoms with E-state index in [0.717, 1.165) is 0 Å². The summed E-state index contributed by atoms with van der Waals surface area (Å²) in [5, 5.41) is -0.0441. The number of hydrogen-bond donors (Lipinski definition) is 0. The van der Waals surface area contributed by atoms with Gasteiger partial charge in [-0.25, -0.2) is 4.79 Å². The molecule has 30 heavy (non-hydrogen) atoms. The molecule has 2 aliphatic heterocycles. The summed E-state index contributed by atoms with van der Waals surface area (Å²) in [5.74, 6) is -1.33.